The third kappa shape index (κ3) is 4.46. The van der Waals surface area contributed by atoms with Gasteiger partial charge in [-0.1, -0.05) is 19.8 Å². The van der Waals surface area contributed by atoms with E-state index in [1.807, 2.05) is 0 Å². The molecule has 5 nitrogen and oxygen atoms in total. The molecule has 2 aliphatic rings. The van der Waals surface area contributed by atoms with Crippen LogP contribution >= 0.6 is 27.3 Å². The summed E-state index contributed by atoms with van der Waals surface area (Å²) in [6.45, 7) is 3.03. The zero-order chi connectivity index (χ0) is 18.0. The van der Waals surface area contributed by atoms with Crippen LogP contribution in [0.2, 0.25) is 0 Å². The summed E-state index contributed by atoms with van der Waals surface area (Å²) in [5.74, 6) is 0.570. The van der Waals surface area contributed by atoms with Gasteiger partial charge in [0.25, 0.3) is 10.0 Å². The van der Waals surface area contributed by atoms with E-state index in [1.165, 1.54) is 34.9 Å². The van der Waals surface area contributed by atoms with Gasteiger partial charge in [-0.15, -0.1) is 11.3 Å². The monoisotopic (exact) mass is 448 g/mol. The first-order chi connectivity index (χ1) is 11.9. The maximum absolute atomic E-state index is 12.7. The molecule has 2 fully saturated rings. The number of carbonyl (C=O) groups excluding carboxylic acids is 1. The Morgan fingerprint density at radius 1 is 1.20 bits per heavy atom. The molecule has 1 aromatic heterocycles. The predicted molar refractivity (Wildman–Crippen MR) is 103 cm³/mol. The van der Waals surface area contributed by atoms with Crippen molar-refractivity contribution in [3.63, 3.8) is 0 Å². The lowest BCUT2D eigenvalue weighted by Gasteiger charge is -2.33. The zero-order valence-electron chi connectivity index (χ0n) is 14.4. The average Bonchev–Trinajstić information content (AvgIpc) is 3.04. The number of nitrogens with one attached hydrogen (secondary N) is 1. The van der Waals surface area contributed by atoms with Gasteiger partial charge >= 0.3 is 0 Å². The molecular weight excluding hydrogens is 424 g/mol. The summed E-state index contributed by atoms with van der Waals surface area (Å²) in [6.07, 6.45) is 5.87. The highest BCUT2D eigenvalue weighted by atomic mass is 79.9. The maximum Gasteiger partial charge on any atom is 0.252 e. The van der Waals surface area contributed by atoms with Gasteiger partial charge in [0.2, 0.25) is 5.91 Å². The number of sulfonamides is 1. The number of hydrogen-bond donors (Lipinski definition) is 1. The van der Waals surface area contributed by atoms with Crippen LogP contribution in [-0.4, -0.2) is 37.8 Å². The summed E-state index contributed by atoms with van der Waals surface area (Å²) in [5, 5.41) is 3.22. The molecule has 25 heavy (non-hydrogen) atoms. The summed E-state index contributed by atoms with van der Waals surface area (Å²) in [5.41, 5.74) is 0. The van der Waals surface area contributed by atoms with Crippen LogP contribution in [0.25, 0.3) is 0 Å². The molecule has 1 aliphatic carbocycles. The molecule has 1 amide bonds. The standard InChI is InChI=1S/C17H25BrN2O3S2/c1-12-4-2-3-5-14(12)19-17(21)13-8-10-20(11-9-13)25(22,23)16-7-6-15(18)24-16/h6-7,12-14H,2-5,8-11H2,1H3,(H,19,21)/t12-,14+/m1/s1. The van der Waals surface area contributed by atoms with Crippen LogP contribution in [0.5, 0.6) is 0 Å². The van der Waals surface area contributed by atoms with Crippen molar-refractivity contribution in [1.29, 1.82) is 0 Å². The number of halogens is 1. The molecule has 2 heterocycles. The Morgan fingerprint density at radius 2 is 1.88 bits per heavy atom. The van der Waals surface area contributed by atoms with Gasteiger partial charge in [-0.05, 0) is 59.7 Å². The summed E-state index contributed by atoms with van der Waals surface area (Å²) in [7, 11) is -3.44. The van der Waals surface area contributed by atoms with E-state index in [9.17, 15) is 13.2 Å². The lowest BCUT2D eigenvalue weighted by Crippen LogP contribution is -2.47. The molecule has 0 aromatic carbocycles. The Bertz CT molecular complexity index is 711. The van der Waals surface area contributed by atoms with E-state index in [2.05, 4.69) is 28.2 Å². The van der Waals surface area contributed by atoms with Crippen LogP contribution < -0.4 is 5.32 Å². The summed E-state index contributed by atoms with van der Waals surface area (Å²) in [6, 6.07) is 3.67. The van der Waals surface area contributed by atoms with Crippen molar-refractivity contribution >= 4 is 43.2 Å². The highest BCUT2D eigenvalue weighted by Gasteiger charge is 2.34. The second kappa shape index (κ2) is 8.06. The SMILES string of the molecule is C[C@@H]1CCCC[C@@H]1NC(=O)C1CCN(S(=O)(=O)c2ccc(Br)s2)CC1. The second-order valence-corrected chi connectivity index (χ2v) is 11.7. The van der Waals surface area contributed by atoms with Crippen molar-refractivity contribution in [2.75, 3.05) is 13.1 Å². The Morgan fingerprint density at radius 3 is 2.48 bits per heavy atom. The predicted octanol–water partition coefficient (Wildman–Crippen LogP) is 3.61. The molecule has 0 unspecified atom stereocenters. The van der Waals surface area contributed by atoms with Gasteiger partial charge < -0.3 is 5.32 Å². The number of nitrogens with zero attached hydrogens (tertiary/aromatic N) is 1. The van der Waals surface area contributed by atoms with Crippen LogP contribution in [0.1, 0.15) is 45.4 Å². The number of hydrogen-bond acceptors (Lipinski definition) is 4. The molecule has 1 aromatic rings. The minimum Gasteiger partial charge on any atom is -0.353 e. The van der Waals surface area contributed by atoms with Gasteiger partial charge in [-0.25, -0.2) is 8.42 Å². The minimum atomic E-state index is -3.44. The Balaban J connectivity index is 1.55. The molecule has 0 bridgehead atoms. The van der Waals surface area contributed by atoms with Gasteiger partial charge in [-0.3, -0.25) is 4.79 Å². The summed E-state index contributed by atoms with van der Waals surface area (Å²) < 4.78 is 28.0. The van der Waals surface area contributed by atoms with Crippen molar-refractivity contribution in [2.45, 2.75) is 55.7 Å². The highest BCUT2D eigenvalue weighted by Crippen LogP contribution is 2.31. The summed E-state index contributed by atoms with van der Waals surface area (Å²) in [4.78, 5) is 12.6. The third-order valence-electron chi connectivity index (χ3n) is 5.41. The largest absolute Gasteiger partial charge is 0.353 e. The Kier molecular flexibility index (Phi) is 6.23. The first-order valence-corrected chi connectivity index (χ1v) is 12.0. The molecule has 1 N–H and O–H groups in total. The van der Waals surface area contributed by atoms with Crippen molar-refractivity contribution in [3.8, 4) is 0 Å². The fraction of sp³-hybridized carbons (Fsp3) is 0.706. The quantitative estimate of drug-likeness (QED) is 0.764. The lowest BCUT2D eigenvalue weighted by molar-refractivity contribution is -0.127. The van der Waals surface area contributed by atoms with E-state index in [0.717, 1.165) is 10.2 Å². The fourth-order valence-electron chi connectivity index (χ4n) is 3.75. The molecule has 140 valence electrons. The van der Waals surface area contributed by atoms with E-state index in [4.69, 9.17) is 0 Å². The molecule has 0 radical (unpaired) electrons. The van der Waals surface area contributed by atoms with Gasteiger partial charge in [0, 0.05) is 25.0 Å². The number of amides is 1. The maximum atomic E-state index is 12.7. The van der Waals surface area contributed by atoms with Crippen LogP contribution in [0, 0.1) is 11.8 Å². The number of carbonyl (C=O) groups is 1. The number of rotatable bonds is 4. The second-order valence-electron chi connectivity index (χ2n) is 7.11. The van der Waals surface area contributed by atoms with Crippen LogP contribution in [0.3, 0.4) is 0 Å². The van der Waals surface area contributed by atoms with Gasteiger partial charge in [0.1, 0.15) is 4.21 Å². The lowest BCUT2D eigenvalue weighted by atomic mass is 9.85. The first-order valence-electron chi connectivity index (χ1n) is 8.94. The normalized spacial score (nSPS) is 26.5. The Hall–Kier alpha value is -0.440. The topological polar surface area (TPSA) is 66.5 Å². The van der Waals surface area contributed by atoms with E-state index >= 15 is 0 Å². The van der Waals surface area contributed by atoms with Crippen LogP contribution in [0.15, 0.2) is 20.1 Å². The zero-order valence-corrected chi connectivity index (χ0v) is 17.6. The third-order valence-corrected chi connectivity index (χ3v) is 9.40. The molecule has 0 spiro atoms. The molecule has 1 aliphatic heterocycles. The molecular formula is C17H25BrN2O3S2. The summed E-state index contributed by atoms with van der Waals surface area (Å²) >= 11 is 4.54. The minimum absolute atomic E-state index is 0.0735. The van der Waals surface area contributed by atoms with Gasteiger partial charge in [0.15, 0.2) is 0 Å². The molecule has 1 saturated heterocycles. The van der Waals surface area contributed by atoms with Gasteiger partial charge in [-0.2, -0.15) is 4.31 Å². The average molecular weight is 449 g/mol. The number of piperidine rings is 1. The van der Waals surface area contributed by atoms with Crippen molar-refractivity contribution in [1.82, 2.24) is 9.62 Å². The van der Waals surface area contributed by atoms with E-state index in [0.29, 0.717) is 36.1 Å². The van der Waals surface area contributed by atoms with E-state index in [-0.39, 0.29) is 17.9 Å². The fourth-order valence-corrected chi connectivity index (χ4v) is 7.39. The molecule has 1 saturated carbocycles. The molecule has 2 atom stereocenters. The smallest absolute Gasteiger partial charge is 0.252 e. The molecule has 3 rings (SSSR count). The van der Waals surface area contributed by atoms with Crippen LogP contribution in [0.4, 0.5) is 0 Å². The van der Waals surface area contributed by atoms with Crippen molar-refractivity contribution in [3.05, 3.63) is 15.9 Å². The number of thiophene rings is 1. The van der Waals surface area contributed by atoms with Crippen molar-refractivity contribution < 1.29 is 13.2 Å². The van der Waals surface area contributed by atoms with Gasteiger partial charge in [0.05, 0.1) is 3.79 Å². The molecule has 8 heteroatoms. The first kappa shape index (κ1) is 19.3. The van der Waals surface area contributed by atoms with E-state index in [1.54, 1.807) is 12.1 Å². The van der Waals surface area contributed by atoms with Crippen molar-refractivity contribution in [2.24, 2.45) is 11.8 Å². The van der Waals surface area contributed by atoms with Crippen LogP contribution in [-0.2, 0) is 14.8 Å². The van der Waals surface area contributed by atoms with E-state index < -0.39 is 10.0 Å². The Labute approximate surface area is 162 Å². The highest BCUT2D eigenvalue weighted by molar-refractivity contribution is 9.11.